The van der Waals surface area contributed by atoms with Gasteiger partial charge in [0.15, 0.2) is 0 Å². The number of amides is 1. The van der Waals surface area contributed by atoms with Gasteiger partial charge < -0.3 is 20.3 Å². The predicted molar refractivity (Wildman–Crippen MR) is 78.6 cm³/mol. The van der Waals surface area contributed by atoms with Crippen molar-refractivity contribution < 1.29 is 9.53 Å². The van der Waals surface area contributed by atoms with Crippen molar-refractivity contribution in [3.8, 4) is 0 Å². The van der Waals surface area contributed by atoms with E-state index in [1.54, 1.807) is 0 Å². The maximum absolute atomic E-state index is 12.3. The van der Waals surface area contributed by atoms with Gasteiger partial charge in [0.1, 0.15) is 0 Å². The van der Waals surface area contributed by atoms with E-state index in [4.69, 9.17) is 10.5 Å². The van der Waals surface area contributed by atoms with Gasteiger partial charge in [0.25, 0.3) is 0 Å². The fourth-order valence-corrected chi connectivity index (χ4v) is 2.93. The molecule has 5 nitrogen and oxygen atoms in total. The highest BCUT2D eigenvalue weighted by molar-refractivity contribution is 5.79. The molecule has 0 saturated carbocycles. The van der Waals surface area contributed by atoms with Gasteiger partial charge in [-0.1, -0.05) is 12.1 Å². The van der Waals surface area contributed by atoms with Crippen molar-refractivity contribution in [1.29, 1.82) is 0 Å². The van der Waals surface area contributed by atoms with E-state index in [1.807, 2.05) is 29.2 Å². The Morgan fingerprint density at radius 1 is 1.20 bits per heavy atom. The minimum atomic E-state index is 0.0725. The van der Waals surface area contributed by atoms with Crippen LogP contribution in [0.5, 0.6) is 0 Å². The number of hydrogen-bond donors (Lipinski definition) is 1. The Bertz CT molecular complexity index is 478. The molecule has 20 heavy (non-hydrogen) atoms. The molecule has 2 aliphatic heterocycles. The summed E-state index contributed by atoms with van der Waals surface area (Å²) in [5.74, 6) is 0.325. The summed E-state index contributed by atoms with van der Waals surface area (Å²) in [5, 5.41) is 0. The second kappa shape index (κ2) is 5.71. The third-order valence-corrected chi connectivity index (χ3v) is 4.15. The maximum Gasteiger partial charge on any atom is 0.228 e. The standard InChI is InChI=1S/C15H21N3O2/c16-13-3-1-2-4-14(13)17-6-8-18(9-7-17)15(19)12-5-10-20-11-12/h1-4,12H,5-11,16H2. The topological polar surface area (TPSA) is 58.8 Å². The summed E-state index contributed by atoms with van der Waals surface area (Å²) in [4.78, 5) is 16.5. The molecule has 1 aromatic rings. The number of hydrogen-bond acceptors (Lipinski definition) is 4. The summed E-state index contributed by atoms with van der Waals surface area (Å²) in [5.41, 5.74) is 7.88. The Hall–Kier alpha value is -1.75. The van der Waals surface area contributed by atoms with Gasteiger partial charge in [-0.3, -0.25) is 4.79 Å². The highest BCUT2D eigenvalue weighted by Gasteiger charge is 2.30. The third-order valence-electron chi connectivity index (χ3n) is 4.15. The Balaban J connectivity index is 1.59. The molecule has 0 radical (unpaired) electrons. The molecule has 0 bridgehead atoms. The molecule has 2 fully saturated rings. The first-order chi connectivity index (χ1) is 9.75. The average molecular weight is 275 g/mol. The minimum absolute atomic E-state index is 0.0725. The van der Waals surface area contributed by atoms with Crippen LogP contribution in [0.15, 0.2) is 24.3 Å². The fraction of sp³-hybridized carbons (Fsp3) is 0.533. The van der Waals surface area contributed by atoms with Crippen LogP contribution in [0.25, 0.3) is 0 Å². The minimum Gasteiger partial charge on any atom is -0.397 e. The van der Waals surface area contributed by atoms with E-state index in [-0.39, 0.29) is 11.8 Å². The molecule has 2 aliphatic rings. The van der Waals surface area contributed by atoms with Crippen molar-refractivity contribution in [1.82, 2.24) is 4.90 Å². The van der Waals surface area contributed by atoms with Crippen molar-refractivity contribution in [3.63, 3.8) is 0 Å². The Labute approximate surface area is 119 Å². The quantitative estimate of drug-likeness (QED) is 0.817. The number of carbonyl (C=O) groups excluding carboxylic acids is 1. The lowest BCUT2D eigenvalue weighted by Crippen LogP contribution is -2.50. The second-order valence-corrected chi connectivity index (χ2v) is 5.43. The highest BCUT2D eigenvalue weighted by atomic mass is 16.5. The summed E-state index contributed by atoms with van der Waals surface area (Å²) >= 11 is 0. The fourth-order valence-electron chi connectivity index (χ4n) is 2.93. The third kappa shape index (κ3) is 2.58. The SMILES string of the molecule is Nc1ccccc1N1CCN(C(=O)C2CCOC2)CC1. The van der Waals surface area contributed by atoms with Gasteiger partial charge in [0.2, 0.25) is 5.91 Å². The predicted octanol–water partition coefficient (Wildman–Crippen LogP) is 0.954. The summed E-state index contributed by atoms with van der Waals surface area (Å²) in [6, 6.07) is 7.90. The van der Waals surface area contributed by atoms with Crippen molar-refractivity contribution in [3.05, 3.63) is 24.3 Å². The molecule has 0 spiro atoms. The number of nitrogen functional groups attached to an aromatic ring is 1. The van der Waals surface area contributed by atoms with E-state index in [0.717, 1.165) is 50.6 Å². The van der Waals surface area contributed by atoms with Crippen LogP contribution >= 0.6 is 0 Å². The molecule has 3 rings (SSSR count). The Kier molecular flexibility index (Phi) is 3.78. The van der Waals surface area contributed by atoms with Crippen LogP contribution in [0.4, 0.5) is 11.4 Å². The molecule has 2 N–H and O–H groups in total. The van der Waals surface area contributed by atoms with Crippen molar-refractivity contribution >= 4 is 17.3 Å². The molecule has 0 aromatic heterocycles. The lowest BCUT2D eigenvalue weighted by atomic mass is 10.1. The molecule has 0 aliphatic carbocycles. The lowest BCUT2D eigenvalue weighted by Gasteiger charge is -2.37. The molecular formula is C15H21N3O2. The van der Waals surface area contributed by atoms with Gasteiger partial charge in [-0.05, 0) is 18.6 Å². The van der Waals surface area contributed by atoms with Crippen LogP contribution in [0.2, 0.25) is 0 Å². The van der Waals surface area contributed by atoms with Crippen LogP contribution in [0.1, 0.15) is 6.42 Å². The first kappa shape index (κ1) is 13.2. The second-order valence-electron chi connectivity index (χ2n) is 5.43. The zero-order valence-electron chi connectivity index (χ0n) is 11.6. The van der Waals surface area contributed by atoms with Crippen molar-refractivity contribution in [2.45, 2.75) is 6.42 Å². The van der Waals surface area contributed by atoms with E-state index < -0.39 is 0 Å². The number of para-hydroxylation sites is 2. The number of piperazine rings is 1. The van der Waals surface area contributed by atoms with Crippen molar-refractivity contribution in [2.75, 3.05) is 50.0 Å². The maximum atomic E-state index is 12.3. The largest absolute Gasteiger partial charge is 0.397 e. The van der Waals surface area contributed by atoms with Crippen LogP contribution in [-0.4, -0.2) is 50.2 Å². The van der Waals surface area contributed by atoms with Crippen LogP contribution in [0, 0.1) is 5.92 Å². The van der Waals surface area contributed by atoms with Crippen LogP contribution in [-0.2, 0) is 9.53 Å². The number of rotatable bonds is 2. The van der Waals surface area contributed by atoms with E-state index in [1.165, 1.54) is 0 Å². The van der Waals surface area contributed by atoms with Gasteiger partial charge in [0.05, 0.1) is 23.9 Å². The molecule has 1 atom stereocenters. The molecule has 1 unspecified atom stereocenters. The van der Waals surface area contributed by atoms with E-state index in [2.05, 4.69) is 4.90 Å². The molecule has 2 saturated heterocycles. The molecule has 1 amide bonds. The van der Waals surface area contributed by atoms with Gasteiger partial charge in [0, 0.05) is 32.8 Å². The number of carbonyl (C=O) groups is 1. The number of ether oxygens (including phenoxy) is 1. The van der Waals surface area contributed by atoms with E-state index in [0.29, 0.717) is 6.61 Å². The summed E-state index contributed by atoms with van der Waals surface area (Å²) in [7, 11) is 0. The number of benzene rings is 1. The van der Waals surface area contributed by atoms with Gasteiger partial charge in [-0.2, -0.15) is 0 Å². The number of nitrogens with zero attached hydrogens (tertiary/aromatic N) is 2. The summed E-state index contributed by atoms with van der Waals surface area (Å²) in [6.45, 7) is 4.52. The lowest BCUT2D eigenvalue weighted by molar-refractivity contribution is -0.135. The van der Waals surface area contributed by atoms with Gasteiger partial charge >= 0.3 is 0 Å². The highest BCUT2D eigenvalue weighted by Crippen LogP contribution is 2.24. The smallest absolute Gasteiger partial charge is 0.228 e. The molecule has 5 heteroatoms. The zero-order chi connectivity index (χ0) is 13.9. The van der Waals surface area contributed by atoms with Crippen molar-refractivity contribution in [2.24, 2.45) is 5.92 Å². The number of anilines is 2. The molecule has 1 aromatic carbocycles. The van der Waals surface area contributed by atoms with E-state index in [9.17, 15) is 4.79 Å². The summed E-state index contributed by atoms with van der Waals surface area (Å²) < 4.78 is 5.30. The molecule has 108 valence electrons. The van der Waals surface area contributed by atoms with Gasteiger partial charge in [-0.25, -0.2) is 0 Å². The first-order valence-electron chi connectivity index (χ1n) is 7.21. The van der Waals surface area contributed by atoms with E-state index >= 15 is 0 Å². The summed E-state index contributed by atoms with van der Waals surface area (Å²) in [6.07, 6.45) is 0.866. The molecular weight excluding hydrogens is 254 g/mol. The van der Waals surface area contributed by atoms with Crippen LogP contribution in [0.3, 0.4) is 0 Å². The first-order valence-corrected chi connectivity index (χ1v) is 7.21. The zero-order valence-corrected chi connectivity index (χ0v) is 11.6. The molecule has 2 heterocycles. The Morgan fingerprint density at radius 3 is 2.60 bits per heavy atom. The average Bonchev–Trinajstić information content (AvgIpc) is 3.01. The number of nitrogens with two attached hydrogens (primary N) is 1. The Morgan fingerprint density at radius 2 is 1.95 bits per heavy atom. The van der Waals surface area contributed by atoms with Gasteiger partial charge in [-0.15, -0.1) is 0 Å². The normalized spacial score (nSPS) is 23.1. The monoisotopic (exact) mass is 275 g/mol. The van der Waals surface area contributed by atoms with Crippen LogP contribution < -0.4 is 10.6 Å².